The van der Waals surface area contributed by atoms with Gasteiger partial charge in [-0.2, -0.15) is 0 Å². The zero-order valence-electron chi connectivity index (χ0n) is 9.45. The predicted molar refractivity (Wildman–Crippen MR) is 62.2 cm³/mol. The summed E-state index contributed by atoms with van der Waals surface area (Å²) >= 11 is 0. The maximum absolute atomic E-state index is 13.3. The Hall–Kier alpha value is -0.850. The van der Waals surface area contributed by atoms with Crippen LogP contribution in [0.2, 0.25) is 0 Å². The molecule has 0 aliphatic rings. The maximum atomic E-state index is 13.3. The summed E-state index contributed by atoms with van der Waals surface area (Å²) in [5.74, 6) is -1.48. The molecule has 0 radical (unpaired) electrons. The lowest BCUT2D eigenvalue weighted by molar-refractivity contribution is 0.195. The van der Waals surface area contributed by atoms with Gasteiger partial charge in [0.05, 0.1) is 27.6 Å². The summed E-state index contributed by atoms with van der Waals surface area (Å²) in [5.41, 5.74) is 0. The molecule has 0 fully saturated rings. The molecule has 0 heterocycles. The molecular weight excluding hydrogens is 248 g/mol. The lowest BCUT2D eigenvalue weighted by atomic mass is 10.3. The van der Waals surface area contributed by atoms with Gasteiger partial charge in [0.2, 0.25) is 0 Å². The monoisotopic (exact) mass is 263 g/mol. The van der Waals surface area contributed by atoms with Crippen LogP contribution in [-0.2, 0) is 10.8 Å². The second kappa shape index (κ2) is 6.78. The molecular formula is C11H15F2NO2S. The molecule has 0 aliphatic carbocycles. The lowest BCUT2D eigenvalue weighted by Crippen LogP contribution is -2.30. The van der Waals surface area contributed by atoms with E-state index in [1.807, 2.05) is 6.92 Å². The highest BCUT2D eigenvalue weighted by atomic mass is 32.2. The van der Waals surface area contributed by atoms with E-state index < -0.39 is 28.5 Å². The summed E-state index contributed by atoms with van der Waals surface area (Å²) in [5, 5.41) is 12.4. The number of hydrogen-bond acceptors (Lipinski definition) is 3. The molecule has 2 atom stereocenters. The fourth-order valence-corrected chi connectivity index (χ4v) is 2.46. The Morgan fingerprint density at radius 3 is 2.82 bits per heavy atom. The number of rotatable bonds is 6. The highest BCUT2D eigenvalue weighted by molar-refractivity contribution is 7.85. The Morgan fingerprint density at radius 1 is 1.47 bits per heavy atom. The smallest absolute Gasteiger partial charge is 0.139 e. The van der Waals surface area contributed by atoms with Gasteiger partial charge in [-0.3, -0.25) is 4.21 Å². The number of likely N-dealkylation sites (N-methyl/N-ethyl adjacent to an activating group) is 1. The van der Waals surface area contributed by atoms with Gasteiger partial charge in [0, 0.05) is 6.54 Å². The van der Waals surface area contributed by atoms with Gasteiger partial charge in [0.1, 0.15) is 11.6 Å². The van der Waals surface area contributed by atoms with Crippen molar-refractivity contribution in [3.05, 3.63) is 29.8 Å². The Morgan fingerprint density at radius 2 is 2.18 bits per heavy atom. The van der Waals surface area contributed by atoms with E-state index in [1.165, 1.54) is 0 Å². The third kappa shape index (κ3) is 4.49. The largest absolute Gasteiger partial charge is 0.391 e. The summed E-state index contributed by atoms with van der Waals surface area (Å²) in [6, 6.07) is 2.79. The zero-order chi connectivity index (χ0) is 12.8. The van der Waals surface area contributed by atoms with E-state index in [9.17, 15) is 18.1 Å². The quantitative estimate of drug-likeness (QED) is 0.806. The van der Waals surface area contributed by atoms with Crippen molar-refractivity contribution >= 4 is 10.8 Å². The fraction of sp³-hybridized carbons (Fsp3) is 0.455. The van der Waals surface area contributed by atoms with E-state index in [4.69, 9.17) is 0 Å². The normalized spacial score (nSPS) is 14.6. The van der Waals surface area contributed by atoms with Crippen molar-refractivity contribution < 1.29 is 18.1 Å². The first kappa shape index (κ1) is 14.2. The van der Waals surface area contributed by atoms with Gasteiger partial charge in [-0.15, -0.1) is 0 Å². The SMILES string of the molecule is CCNCC(O)CS(=O)c1cc(F)ccc1F. The first-order valence-corrected chi connectivity index (χ1v) is 6.58. The van der Waals surface area contributed by atoms with Crippen LogP contribution >= 0.6 is 0 Å². The molecule has 96 valence electrons. The number of hydrogen-bond donors (Lipinski definition) is 2. The van der Waals surface area contributed by atoms with Crippen molar-refractivity contribution in [1.29, 1.82) is 0 Å². The number of nitrogens with one attached hydrogen (secondary N) is 1. The molecule has 0 bridgehead atoms. The van der Waals surface area contributed by atoms with E-state index in [1.54, 1.807) is 0 Å². The average Bonchev–Trinajstić information content (AvgIpc) is 2.29. The van der Waals surface area contributed by atoms with E-state index in [0.29, 0.717) is 6.54 Å². The minimum absolute atomic E-state index is 0.118. The summed E-state index contributed by atoms with van der Waals surface area (Å²) in [6.07, 6.45) is -0.849. The van der Waals surface area contributed by atoms with Crippen molar-refractivity contribution in [1.82, 2.24) is 5.32 Å². The van der Waals surface area contributed by atoms with Crippen LogP contribution in [0.1, 0.15) is 6.92 Å². The van der Waals surface area contributed by atoms with Crippen LogP contribution in [0.15, 0.2) is 23.1 Å². The van der Waals surface area contributed by atoms with Crippen molar-refractivity contribution in [2.45, 2.75) is 17.9 Å². The maximum Gasteiger partial charge on any atom is 0.139 e. The van der Waals surface area contributed by atoms with E-state index >= 15 is 0 Å². The second-order valence-electron chi connectivity index (χ2n) is 3.55. The van der Waals surface area contributed by atoms with Gasteiger partial charge in [0.15, 0.2) is 0 Å². The van der Waals surface area contributed by atoms with Gasteiger partial charge in [-0.1, -0.05) is 6.92 Å². The molecule has 17 heavy (non-hydrogen) atoms. The Labute approximate surface area is 101 Å². The average molecular weight is 263 g/mol. The van der Waals surface area contributed by atoms with Crippen LogP contribution in [0.5, 0.6) is 0 Å². The molecule has 0 saturated heterocycles. The van der Waals surface area contributed by atoms with E-state index in [0.717, 1.165) is 18.2 Å². The molecule has 1 rings (SSSR count). The highest BCUT2D eigenvalue weighted by Crippen LogP contribution is 2.14. The third-order valence-corrected chi connectivity index (χ3v) is 3.60. The van der Waals surface area contributed by atoms with Gasteiger partial charge in [0.25, 0.3) is 0 Å². The van der Waals surface area contributed by atoms with Crippen LogP contribution in [0.4, 0.5) is 8.78 Å². The van der Waals surface area contributed by atoms with Crippen molar-refractivity contribution in [3.63, 3.8) is 0 Å². The fourth-order valence-electron chi connectivity index (χ4n) is 1.29. The molecule has 0 aliphatic heterocycles. The number of benzene rings is 1. The Kier molecular flexibility index (Phi) is 5.67. The molecule has 0 spiro atoms. The number of halogens is 2. The van der Waals surface area contributed by atoms with Gasteiger partial charge in [-0.25, -0.2) is 8.78 Å². The van der Waals surface area contributed by atoms with Crippen LogP contribution < -0.4 is 5.32 Å². The second-order valence-corrected chi connectivity index (χ2v) is 5.01. The van der Waals surface area contributed by atoms with Crippen LogP contribution in [0.25, 0.3) is 0 Å². The molecule has 1 aromatic carbocycles. The Bertz CT molecular complexity index is 401. The van der Waals surface area contributed by atoms with E-state index in [-0.39, 0.29) is 17.2 Å². The molecule has 1 aromatic rings. The first-order valence-electron chi connectivity index (χ1n) is 5.26. The standard InChI is InChI=1S/C11H15F2NO2S/c1-2-14-6-9(15)7-17(16)11-5-8(12)3-4-10(11)13/h3-5,9,14-15H,2,6-7H2,1H3. The molecule has 6 heteroatoms. The predicted octanol–water partition coefficient (Wildman–Crippen LogP) is 1.04. The zero-order valence-corrected chi connectivity index (χ0v) is 10.3. The van der Waals surface area contributed by atoms with Crippen LogP contribution in [-0.4, -0.2) is 34.3 Å². The topological polar surface area (TPSA) is 49.3 Å². The third-order valence-electron chi connectivity index (χ3n) is 2.11. The van der Waals surface area contributed by atoms with Crippen LogP contribution in [0.3, 0.4) is 0 Å². The molecule has 0 amide bonds. The van der Waals surface area contributed by atoms with E-state index in [2.05, 4.69) is 5.32 Å². The molecule has 0 saturated carbocycles. The van der Waals surface area contributed by atoms with Crippen molar-refractivity contribution in [2.24, 2.45) is 0 Å². The van der Waals surface area contributed by atoms with Crippen LogP contribution in [0, 0.1) is 11.6 Å². The van der Waals surface area contributed by atoms with Gasteiger partial charge < -0.3 is 10.4 Å². The summed E-state index contributed by atoms with van der Waals surface area (Å²) in [7, 11) is -1.74. The number of aliphatic hydroxyl groups is 1. The minimum atomic E-state index is -1.74. The molecule has 2 unspecified atom stereocenters. The summed E-state index contributed by atoms with van der Waals surface area (Å²) < 4.78 is 37.8. The highest BCUT2D eigenvalue weighted by Gasteiger charge is 2.15. The van der Waals surface area contributed by atoms with Gasteiger partial charge in [-0.05, 0) is 24.7 Å². The molecule has 2 N–H and O–H groups in total. The lowest BCUT2D eigenvalue weighted by Gasteiger charge is -2.11. The first-order chi connectivity index (χ1) is 8.04. The summed E-state index contributed by atoms with van der Waals surface area (Å²) in [4.78, 5) is -0.208. The van der Waals surface area contributed by atoms with Gasteiger partial charge >= 0.3 is 0 Å². The molecule has 0 aromatic heterocycles. The minimum Gasteiger partial charge on any atom is -0.391 e. The summed E-state index contributed by atoms with van der Waals surface area (Å²) in [6.45, 7) is 2.83. The van der Waals surface area contributed by atoms with Crippen molar-refractivity contribution in [2.75, 3.05) is 18.8 Å². The Balaban J connectivity index is 2.66. The number of aliphatic hydroxyl groups excluding tert-OH is 1. The molecule has 3 nitrogen and oxygen atoms in total. The van der Waals surface area contributed by atoms with Crippen molar-refractivity contribution in [3.8, 4) is 0 Å².